The molecule has 0 amide bonds. The fourth-order valence-corrected chi connectivity index (χ4v) is 5.90. The molecule has 0 spiro atoms. The lowest BCUT2D eigenvalue weighted by Crippen LogP contribution is -2.39. The summed E-state index contributed by atoms with van der Waals surface area (Å²) in [6.45, 7) is 4.72. The summed E-state index contributed by atoms with van der Waals surface area (Å²) >= 11 is 0. The molecule has 3 aromatic carbocycles. The first-order chi connectivity index (χ1) is 13.7. The van der Waals surface area contributed by atoms with Gasteiger partial charge < -0.3 is 9.47 Å². The first-order valence-electron chi connectivity index (χ1n) is 10.6. The van der Waals surface area contributed by atoms with Gasteiger partial charge in [0.15, 0.2) is 0 Å². The van der Waals surface area contributed by atoms with E-state index in [0.29, 0.717) is 6.04 Å². The SMILES string of the molecule is Cc1cc2c(cc1N1C3CCC(C3)C1C)c1ccccc1n2-c1ccccc1. The number of fused-ring (bicyclic) bond motifs is 5. The Balaban J connectivity index is 1.64. The maximum Gasteiger partial charge on any atom is 0.0545 e. The number of nitrogens with zero attached hydrogens (tertiary/aromatic N) is 2. The monoisotopic (exact) mass is 366 g/mol. The molecule has 140 valence electrons. The highest BCUT2D eigenvalue weighted by molar-refractivity contribution is 6.10. The number of rotatable bonds is 2. The standard InChI is InChI=1S/C26H26N2/c1-17-14-26-23(16-25(17)27-18(2)19-12-13-21(27)15-19)22-10-6-7-11-24(22)28(26)20-8-4-3-5-9-20/h3-11,14,16,18-19,21H,12-13,15H2,1-2H3. The van der Waals surface area contributed by atoms with E-state index in [-0.39, 0.29) is 0 Å². The summed E-state index contributed by atoms with van der Waals surface area (Å²) < 4.78 is 2.42. The molecule has 0 N–H and O–H groups in total. The lowest BCUT2D eigenvalue weighted by Gasteiger charge is -2.36. The van der Waals surface area contributed by atoms with Gasteiger partial charge in [0.05, 0.1) is 11.0 Å². The fourth-order valence-electron chi connectivity index (χ4n) is 5.90. The van der Waals surface area contributed by atoms with E-state index in [1.807, 2.05) is 0 Å². The second kappa shape index (κ2) is 5.88. The first-order valence-corrected chi connectivity index (χ1v) is 10.6. The van der Waals surface area contributed by atoms with E-state index in [1.54, 1.807) is 0 Å². The molecule has 6 rings (SSSR count). The van der Waals surface area contributed by atoms with Crippen LogP contribution in [0.4, 0.5) is 5.69 Å². The van der Waals surface area contributed by atoms with Crippen molar-refractivity contribution < 1.29 is 0 Å². The molecule has 2 aliphatic rings. The Labute approximate surface area is 166 Å². The maximum absolute atomic E-state index is 2.73. The summed E-state index contributed by atoms with van der Waals surface area (Å²) in [4.78, 5) is 2.73. The number of hydrogen-bond donors (Lipinski definition) is 0. The topological polar surface area (TPSA) is 8.17 Å². The summed E-state index contributed by atoms with van der Waals surface area (Å²) in [5.74, 6) is 0.880. The lowest BCUT2D eigenvalue weighted by molar-refractivity contribution is 0.454. The van der Waals surface area contributed by atoms with E-state index < -0.39 is 0 Å². The van der Waals surface area contributed by atoms with E-state index in [0.717, 1.165) is 12.0 Å². The average molecular weight is 367 g/mol. The van der Waals surface area contributed by atoms with Crippen LogP contribution in [0.1, 0.15) is 31.7 Å². The molecule has 1 aliphatic heterocycles. The molecule has 2 heterocycles. The number of piperidine rings is 1. The van der Waals surface area contributed by atoms with Crippen molar-refractivity contribution in [3.05, 3.63) is 72.3 Å². The molecule has 2 heteroatoms. The summed E-state index contributed by atoms with van der Waals surface area (Å²) in [5.41, 5.74) is 6.67. The van der Waals surface area contributed by atoms with Gasteiger partial charge in [0.1, 0.15) is 0 Å². The van der Waals surface area contributed by atoms with Crippen LogP contribution in [-0.4, -0.2) is 16.7 Å². The Morgan fingerprint density at radius 3 is 2.39 bits per heavy atom. The summed E-state index contributed by atoms with van der Waals surface area (Å²) in [7, 11) is 0. The van der Waals surface area contributed by atoms with Crippen molar-refractivity contribution in [3.8, 4) is 5.69 Å². The minimum absolute atomic E-state index is 0.664. The molecule has 3 unspecified atom stereocenters. The van der Waals surface area contributed by atoms with Crippen LogP contribution in [0, 0.1) is 12.8 Å². The molecule has 2 fully saturated rings. The molecule has 2 nitrogen and oxygen atoms in total. The molecule has 1 saturated heterocycles. The van der Waals surface area contributed by atoms with E-state index in [4.69, 9.17) is 0 Å². The van der Waals surface area contributed by atoms with Gasteiger partial charge in [-0.3, -0.25) is 0 Å². The minimum Gasteiger partial charge on any atom is -0.365 e. The Hall–Kier alpha value is -2.74. The highest BCUT2D eigenvalue weighted by Crippen LogP contribution is 2.47. The molecule has 1 saturated carbocycles. The highest BCUT2D eigenvalue weighted by atomic mass is 15.2. The Morgan fingerprint density at radius 1 is 0.821 bits per heavy atom. The normalized spacial score (nSPS) is 23.9. The quantitative estimate of drug-likeness (QED) is 0.395. The predicted molar refractivity (Wildman–Crippen MR) is 119 cm³/mol. The van der Waals surface area contributed by atoms with Crippen LogP contribution in [0.25, 0.3) is 27.5 Å². The third-order valence-electron chi connectivity index (χ3n) is 7.24. The maximum atomic E-state index is 2.73. The number of para-hydroxylation sites is 2. The molecule has 4 aromatic rings. The minimum atomic E-state index is 0.664. The van der Waals surface area contributed by atoms with Crippen LogP contribution in [0.3, 0.4) is 0 Å². The molecule has 3 atom stereocenters. The molecule has 2 bridgehead atoms. The van der Waals surface area contributed by atoms with Crippen molar-refractivity contribution in [2.24, 2.45) is 5.92 Å². The van der Waals surface area contributed by atoms with Crippen LogP contribution in [0.15, 0.2) is 66.7 Å². The number of hydrogen-bond acceptors (Lipinski definition) is 1. The van der Waals surface area contributed by atoms with Crippen molar-refractivity contribution in [3.63, 3.8) is 0 Å². The van der Waals surface area contributed by atoms with E-state index >= 15 is 0 Å². The average Bonchev–Trinajstić information content (AvgIpc) is 3.40. The third-order valence-corrected chi connectivity index (χ3v) is 7.24. The van der Waals surface area contributed by atoms with Gasteiger partial charge >= 0.3 is 0 Å². The summed E-state index contributed by atoms with van der Waals surface area (Å²) in [5, 5.41) is 2.72. The molecular formula is C26H26N2. The summed E-state index contributed by atoms with van der Waals surface area (Å²) in [6.07, 6.45) is 4.15. The zero-order chi connectivity index (χ0) is 18.8. The van der Waals surface area contributed by atoms with Crippen molar-refractivity contribution in [1.29, 1.82) is 0 Å². The second-order valence-electron chi connectivity index (χ2n) is 8.72. The Kier molecular flexibility index (Phi) is 3.41. The van der Waals surface area contributed by atoms with Crippen molar-refractivity contribution in [1.82, 2.24) is 4.57 Å². The van der Waals surface area contributed by atoms with Gasteiger partial charge in [-0.15, -0.1) is 0 Å². The van der Waals surface area contributed by atoms with Gasteiger partial charge in [0.25, 0.3) is 0 Å². The zero-order valence-electron chi connectivity index (χ0n) is 16.6. The second-order valence-corrected chi connectivity index (χ2v) is 8.72. The van der Waals surface area contributed by atoms with Crippen LogP contribution in [0.2, 0.25) is 0 Å². The smallest absolute Gasteiger partial charge is 0.0545 e. The van der Waals surface area contributed by atoms with Crippen molar-refractivity contribution in [2.75, 3.05) is 4.90 Å². The van der Waals surface area contributed by atoms with Crippen LogP contribution in [-0.2, 0) is 0 Å². The van der Waals surface area contributed by atoms with Crippen molar-refractivity contribution >= 4 is 27.5 Å². The molecule has 0 radical (unpaired) electrons. The number of aryl methyl sites for hydroxylation is 1. The largest absolute Gasteiger partial charge is 0.365 e. The molecule has 1 aromatic heterocycles. The van der Waals surface area contributed by atoms with E-state index in [2.05, 4.69) is 90.0 Å². The van der Waals surface area contributed by atoms with E-state index in [1.165, 1.54) is 58.0 Å². The van der Waals surface area contributed by atoms with Gasteiger partial charge in [-0.1, -0.05) is 36.4 Å². The number of benzene rings is 3. The van der Waals surface area contributed by atoms with Gasteiger partial charge in [-0.05, 0) is 74.9 Å². The predicted octanol–water partition coefficient (Wildman–Crippen LogP) is 6.47. The highest BCUT2D eigenvalue weighted by Gasteiger charge is 2.43. The first kappa shape index (κ1) is 16.2. The Bertz CT molecular complexity index is 1190. The lowest BCUT2D eigenvalue weighted by atomic mass is 9.98. The van der Waals surface area contributed by atoms with Gasteiger partial charge in [-0.25, -0.2) is 0 Å². The molecule has 1 aliphatic carbocycles. The van der Waals surface area contributed by atoms with Crippen LogP contribution >= 0.6 is 0 Å². The third kappa shape index (κ3) is 2.15. The van der Waals surface area contributed by atoms with Crippen LogP contribution < -0.4 is 4.90 Å². The van der Waals surface area contributed by atoms with Crippen LogP contribution in [0.5, 0.6) is 0 Å². The van der Waals surface area contributed by atoms with Crippen molar-refractivity contribution in [2.45, 2.75) is 45.2 Å². The van der Waals surface area contributed by atoms with Gasteiger partial charge in [-0.2, -0.15) is 0 Å². The van der Waals surface area contributed by atoms with E-state index in [9.17, 15) is 0 Å². The fraction of sp³-hybridized carbons (Fsp3) is 0.308. The molecular weight excluding hydrogens is 340 g/mol. The van der Waals surface area contributed by atoms with Gasteiger partial charge in [0.2, 0.25) is 0 Å². The molecule has 28 heavy (non-hydrogen) atoms. The Morgan fingerprint density at radius 2 is 1.61 bits per heavy atom. The summed E-state index contributed by atoms with van der Waals surface area (Å²) in [6, 6.07) is 25.9. The number of anilines is 1. The number of aromatic nitrogens is 1. The zero-order valence-corrected chi connectivity index (χ0v) is 16.6. The van der Waals surface area contributed by atoms with Gasteiger partial charge in [0, 0.05) is 34.2 Å².